The molecule has 4 rings (SSSR count). The van der Waals surface area contributed by atoms with Crippen LogP contribution in [-0.2, 0) is 16.1 Å². The summed E-state index contributed by atoms with van der Waals surface area (Å²) in [6.45, 7) is -0.111. The van der Waals surface area contributed by atoms with Crippen molar-refractivity contribution in [1.29, 1.82) is 0 Å². The van der Waals surface area contributed by atoms with E-state index in [1.165, 1.54) is 17.3 Å². The maximum Gasteiger partial charge on any atom is 0.275 e. The van der Waals surface area contributed by atoms with Gasteiger partial charge in [-0.1, -0.05) is 18.2 Å². The van der Waals surface area contributed by atoms with E-state index in [0.717, 1.165) is 11.0 Å². The average Bonchev–Trinajstić information content (AvgIpc) is 3.43. The number of primary amides is 1. The molecule has 0 saturated heterocycles. The highest BCUT2D eigenvalue weighted by Gasteiger charge is 2.37. The zero-order valence-electron chi connectivity index (χ0n) is 16.2. The molecule has 1 aliphatic heterocycles. The van der Waals surface area contributed by atoms with Crippen molar-refractivity contribution < 1.29 is 22.8 Å². The number of rotatable bonds is 6. The van der Waals surface area contributed by atoms with E-state index < -0.39 is 29.5 Å². The van der Waals surface area contributed by atoms with Gasteiger partial charge in [-0.05, 0) is 36.4 Å². The van der Waals surface area contributed by atoms with E-state index in [9.17, 15) is 18.4 Å². The van der Waals surface area contributed by atoms with Gasteiger partial charge in [0.05, 0.1) is 24.2 Å². The molecule has 2 amide bonds. The minimum atomic E-state index is -0.912. The predicted molar refractivity (Wildman–Crippen MR) is 110 cm³/mol. The van der Waals surface area contributed by atoms with Crippen LogP contribution in [0.3, 0.4) is 0 Å². The van der Waals surface area contributed by atoms with Crippen LogP contribution >= 0.6 is 0 Å². The van der Waals surface area contributed by atoms with Crippen LogP contribution in [-0.4, -0.2) is 23.6 Å². The number of amides is 2. The van der Waals surface area contributed by atoms with Crippen LogP contribution in [0.4, 0.5) is 20.2 Å². The molecule has 0 spiro atoms. The molecular weight excluding hydrogens is 406 g/mol. The summed E-state index contributed by atoms with van der Waals surface area (Å²) in [6.07, 6.45) is 1.37. The summed E-state index contributed by atoms with van der Waals surface area (Å²) in [7, 11) is 0. The van der Waals surface area contributed by atoms with Crippen molar-refractivity contribution in [2.75, 3.05) is 9.91 Å². The number of nitrogens with two attached hydrogens (primary N) is 1. The molecule has 0 radical (unpaired) electrons. The molecule has 2 heterocycles. The Balaban J connectivity index is 1.71. The molecule has 3 aromatic rings. The van der Waals surface area contributed by atoms with Crippen molar-refractivity contribution in [3.05, 3.63) is 84.3 Å². The van der Waals surface area contributed by atoms with Crippen LogP contribution in [0.2, 0.25) is 0 Å². The third-order valence-electron chi connectivity index (χ3n) is 4.85. The molecule has 1 aliphatic rings. The lowest BCUT2D eigenvalue weighted by Crippen LogP contribution is -2.40. The lowest BCUT2D eigenvalue weighted by Gasteiger charge is -2.22. The second kappa shape index (κ2) is 8.39. The Morgan fingerprint density at radius 1 is 1.13 bits per heavy atom. The summed E-state index contributed by atoms with van der Waals surface area (Å²) in [4.78, 5) is 26.5. The summed E-state index contributed by atoms with van der Waals surface area (Å²) in [6, 6.07) is 14.1. The fourth-order valence-electron chi connectivity index (χ4n) is 3.36. The van der Waals surface area contributed by atoms with Crippen molar-refractivity contribution in [2.45, 2.75) is 19.0 Å². The molecule has 2 aromatic carbocycles. The lowest BCUT2D eigenvalue weighted by atomic mass is 10.1. The molecule has 31 heavy (non-hydrogen) atoms. The van der Waals surface area contributed by atoms with Crippen LogP contribution in [0, 0.1) is 11.6 Å². The second-order valence-electron chi connectivity index (χ2n) is 6.92. The number of anilines is 2. The smallest absolute Gasteiger partial charge is 0.275 e. The number of nitrogens with zero attached hydrogens (tertiary/aromatic N) is 3. The molecule has 0 fully saturated rings. The Morgan fingerprint density at radius 2 is 1.90 bits per heavy atom. The molecule has 1 atom stereocenters. The van der Waals surface area contributed by atoms with Crippen LogP contribution in [0.1, 0.15) is 12.2 Å². The maximum atomic E-state index is 14.5. The number of benzene rings is 2. The Hall–Kier alpha value is -4.01. The number of hydrogen-bond donors (Lipinski definition) is 1. The predicted octanol–water partition coefficient (Wildman–Crippen LogP) is 3.21. The molecule has 0 bridgehead atoms. The van der Waals surface area contributed by atoms with Crippen LogP contribution in [0.5, 0.6) is 0 Å². The van der Waals surface area contributed by atoms with Gasteiger partial charge >= 0.3 is 0 Å². The Bertz CT molecular complexity index is 1130. The highest BCUT2D eigenvalue weighted by Crippen LogP contribution is 2.28. The Kier molecular flexibility index (Phi) is 5.48. The van der Waals surface area contributed by atoms with Crippen LogP contribution in [0.25, 0.3) is 0 Å². The van der Waals surface area contributed by atoms with Crippen molar-refractivity contribution in [1.82, 2.24) is 0 Å². The number of hydrogen-bond acceptors (Lipinski definition) is 5. The van der Waals surface area contributed by atoms with E-state index in [1.807, 2.05) is 0 Å². The molecule has 0 aliphatic carbocycles. The number of carbonyl (C=O) groups is 2. The first-order valence-corrected chi connectivity index (χ1v) is 9.44. The summed E-state index contributed by atoms with van der Waals surface area (Å²) in [5.74, 6) is -2.59. The van der Waals surface area contributed by atoms with Gasteiger partial charge in [0.25, 0.3) is 5.91 Å². The molecule has 9 heteroatoms. The number of carbonyl (C=O) groups excluding carboxylic acids is 2. The van der Waals surface area contributed by atoms with E-state index >= 15 is 0 Å². The SMILES string of the molecule is NC(=O)C1CC(C(=O)N(Cc2ccco2)c2ccc(F)cc2F)=NN1c1ccccc1. The van der Waals surface area contributed by atoms with Gasteiger partial charge in [0.2, 0.25) is 5.91 Å². The molecule has 1 aromatic heterocycles. The first kappa shape index (κ1) is 20.3. The van der Waals surface area contributed by atoms with Crippen molar-refractivity contribution in [3.8, 4) is 0 Å². The molecule has 0 saturated carbocycles. The van der Waals surface area contributed by atoms with E-state index in [-0.39, 0.29) is 24.4 Å². The molecule has 158 valence electrons. The Morgan fingerprint density at radius 3 is 2.55 bits per heavy atom. The zero-order valence-corrected chi connectivity index (χ0v) is 16.2. The van der Waals surface area contributed by atoms with Gasteiger partial charge in [0, 0.05) is 12.5 Å². The number of hydrazone groups is 1. The first-order valence-electron chi connectivity index (χ1n) is 9.44. The van der Waals surface area contributed by atoms with Gasteiger partial charge in [0.15, 0.2) is 0 Å². The molecular formula is C22H18F2N4O3. The van der Waals surface area contributed by atoms with Crippen LogP contribution < -0.4 is 15.6 Å². The summed E-state index contributed by atoms with van der Waals surface area (Å²) in [5.41, 5.74) is 5.99. The van der Waals surface area contributed by atoms with E-state index in [2.05, 4.69) is 5.10 Å². The van der Waals surface area contributed by atoms with Crippen molar-refractivity contribution in [3.63, 3.8) is 0 Å². The van der Waals surface area contributed by atoms with Gasteiger partial charge in [-0.15, -0.1) is 0 Å². The minimum Gasteiger partial charge on any atom is -0.467 e. The third kappa shape index (κ3) is 4.16. The maximum absolute atomic E-state index is 14.5. The molecule has 7 nitrogen and oxygen atoms in total. The van der Waals surface area contributed by atoms with Gasteiger partial charge in [-0.3, -0.25) is 19.5 Å². The lowest BCUT2D eigenvalue weighted by molar-refractivity contribution is -0.119. The monoisotopic (exact) mass is 424 g/mol. The average molecular weight is 424 g/mol. The number of halogens is 2. The first-order chi connectivity index (χ1) is 14.9. The molecule has 2 N–H and O–H groups in total. The van der Waals surface area contributed by atoms with E-state index in [4.69, 9.17) is 10.2 Å². The van der Waals surface area contributed by atoms with E-state index in [1.54, 1.807) is 42.5 Å². The summed E-state index contributed by atoms with van der Waals surface area (Å²) in [5, 5.41) is 5.69. The normalized spacial score (nSPS) is 15.6. The van der Waals surface area contributed by atoms with Crippen LogP contribution in [0.15, 0.2) is 76.4 Å². The quantitative estimate of drug-likeness (QED) is 0.658. The fourth-order valence-corrected chi connectivity index (χ4v) is 3.36. The van der Waals surface area contributed by atoms with Crippen molar-refractivity contribution in [2.24, 2.45) is 10.8 Å². The fraction of sp³-hybridized carbons (Fsp3) is 0.136. The largest absolute Gasteiger partial charge is 0.467 e. The van der Waals surface area contributed by atoms with E-state index in [0.29, 0.717) is 17.5 Å². The topological polar surface area (TPSA) is 92.1 Å². The van der Waals surface area contributed by atoms with Crippen molar-refractivity contribution >= 4 is 28.9 Å². The second-order valence-corrected chi connectivity index (χ2v) is 6.92. The highest BCUT2D eigenvalue weighted by atomic mass is 19.1. The number of furan rings is 1. The standard InChI is InChI=1S/C22H18F2N4O3/c23-14-8-9-19(17(24)11-14)27(13-16-7-4-10-31-16)22(30)18-12-20(21(25)29)28(26-18)15-5-2-1-3-6-15/h1-11,20H,12-13H2,(H2,25,29). The summed E-state index contributed by atoms with van der Waals surface area (Å²) >= 11 is 0. The summed E-state index contributed by atoms with van der Waals surface area (Å²) < 4.78 is 33.3. The van der Waals surface area contributed by atoms with Gasteiger partial charge in [-0.2, -0.15) is 5.10 Å². The zero-order chi connectivity index (χ0) is 22.0. The van der Waals surface area contributed by atoms with Gasteiger partial charge < -0.3 is 10.2 Å². The van der Waals surface area contributed by atoms with Gasteiger partial charge in [-0.25, -0.2) is 8.78 Å². The molecule has 1 unspecified atom stereocenters. The third-order valence-corrected chi connectivity index (χ3v) is 4.85. The highest BCUT2D eigenvalue weighted by molar-refractivity contribution is 6.44. The minimum absolute atomic E-state index is 0.0166. The Labute approximate surface area is 176 Å². The van der Waals surface area contributed by atoms with Gasteiger partial charge in [0.1, 0.15) is 29.1 Å². The number of para-hydroxylation sites is 1.